The van der Waals surface area contributed by atoms with Crippen molar-refractivity contribution in [2.75, 3.05) is 7.11 Å². The van der Waals surface area contributed by atoms with Crippen LogP contribution in [0.2, 0.25) is 0 Å². The van der Waals surface area contributed by atoms with Crippen molar-refractivity contribution in [3.8, 4) is 0 Å². The average molecular weight is 251 g/mol. The van der Waals surface area contributed by atoms with Crippen molar-refractivity contribution in [2.45, 2.75) is 0 Å². The Hall–Kier alpha value is -1.46. The highest BCUT2D eigenvalue weighted by molar-refractivity contribution is 7.14. The van der Waals surface area contributed by atoms with Gasteiger partial charge in [-0.15, -0.1) is 11.3 Å². The van der Waals surface area contributed by atoms with Gasteiger partial charge in [-0.1, -0.05) is 6.08 Å². The first-order chi connectivity index (χ1) is 7.79. The van der Waals surface area contributed by atoms with Crippen LogP contribution in [0.1, 0.15) is 20.2 Å². The maximum atomic E-state index is 11.2. The number of thiophene rings is 1. The van der Waals surface area contributed by atoms with E-state index in [0.29, 0.717) is 4.88 Å². The van der Waals surface area contributed by atoms with Crippen LogP contribution in [-0.2, 0) is 4.74 Å². The van der Waals surface area contributed by atoms with Crippen molar-refractivity contribution in [3.05, 3.63) is 38.5 Å². The number of ether oxygens (including phenoxy) is 1. The molecule has 0 spiro atoms. The molecule has 2 aromatic heterocycles. The second-order valence-corrected chi connectivity index (χ2v) is 4.79. The number of thiazole rings is 1. The van der Waals surface area contributed by atoms with E-state index in [4.69, 9.17) is 0 Å². The van der Waals surface area contributed by atoms with Gasteiger partial charge in [-0.25, -0.2) is 9.78 Å². The summed E-state index contributed by atoms with van der Waals surface area (Å²) in [4.78, 5) is 15.8. The Kier molecular flexibility index (Phi) is 3.48. The van der Waals surface area contributed by atoms with Crippen molar-refractivity contribution < 1.29 is 9.53 Å². The fourth-order valence-corrected chi connectivity index (χ4v) is 2.46. The second kappa shape index (κ2) is 5.05. The van der Waals surface area contributed by atoms with Crippen LogP contribution in [0.5, 0.6) is 0 Å². The molecule has 0 saturated carbocycles. The van der Waals surface area contributed by atoms with Gasteiger partial charge in [0.2, 0.25) is 0 Å². The molecule has 0 aromatic carbocycles. The summed E-state index contributed by atoms with van der Waals surface area (Å²) in [6.45, 7) is 0. The van der Waals surface area contributed by atoms with Gasteiger partial charge in [0.15, 0.2) is 0 Å². The third-order valence-electron chi connectivity index (χ3n) is 1.87. The summed E-state index contributed by atoms with van der Waals surface area (Å²) in [6.07, 6.45) is 5.39. The summed E-state index contributed by atoms with van der Waals surface area (Å²) >= 11 is 2.96. The maximum Gasteiger partial charge on any atom is 0.349 e. The maximum absolute atomic E-state index is 11.2. The zero-order chi connectivity index (χ0) is 11.4. The summed E-state index contributed by atoms with van der Waals surface area (Å²) < 4.78 is 4.61. The van der Waals surface area contributed by atoms with Gasteiger partial charge in [-0.2, -0.15) is 11.3 Å². The summed E-state index contributed by atoms with van der Waals surface area (Å²) in [6, 6.07) is 2.02. The number of rotatable bonds is 3. The number of nitrogens with zero attached hydrogens (tertiary/aromatic N) is 1. The molecule has 0 atom stereocenters. The molecule has 0 bridgehead atoms. The molecule has 0 aliphatic rings. The normalized spacial score (nSPS) is 10.8. The van der Waals surface area contributed by atoms with Gasteiger partial charge >= 0.3 is 5.97 Å². The van der Waals surface area contributed by atoms with Crippen molar-refractivity contribution in [2.24, 2.45) is 0 Å². The highest BCUT2D eigenvalue weighted by Crippen LogP contribution is 2.17. The van der Waals surface area contributed by atoms with Crippen LogP contribution in [0.25, 0.3) is 12.2 Å². The molecular weight excluding hydrogens is 242 g/mol. The fraction of sp³-hybridized carbons (Fsp3) is 0.0909. The first kappa shape index (κ1) is 11.0. The molecule has 82 valence electrons. The van der Waals surface area contributed by atoms with Crippen LogP contribution in [0, 0.1) is 0 Å². The minimum absolute atomic E-state index is 0.340. The minimum atomic E-state index is -0.340. The Morgan fingerprint density at radius 1 is 1.50 bits per heavy atom. The minimum Gasteiger partial charge on any atom is -0.465 e. The molecule has 5 heteroatoms. The molecule has 2 aromatic rings. The van der Waals surface area contributed by atoms with E-state index < -0.39 is 0 Å². The number of hydrogen-bond donors (Lipinski definition) is 0. The molecule has 0 N–H and O–H groups in total. The Bertz CT molecular complexity index is 500. The van der Waals surface area contributed by atoms with Gasteiger partial charge < -0.3 is 4.74 Å². The quantitative estimate of drug-likeness (QED) is 0.787. The van der Waals surface area contributed by atoms with Gasteiger partial charge in [-0.3, -0.25) is 0 Å². The van der Waals surface area contributed by atoms with E-state index in [1.807, 2.05) is 29.0 Å². The number of carbonyl (C=O) groups is 1. The predicted octanol–water partition coefficient (Wildman–Crippen LogP) is 3.16. The average Bonchev–Trinajstić information content (AvgIpc) is 2.96. The molecule has 16 heavy (non-hydrogen) atoms. The molecule has 3 nitrogen and oxygen atoms in total. The Morgan fingerprint density at radius 2 is 2.38 bits per heavy atom. The molecule has 0 radical (unpaired) electrons. The fourth-order valence-electron chi connectivity index (χ4n) is 1.10. The molecule has 2 heterocycles. The molecule has 0 aliphatic carbocycles. The highest BCUT2D eigenvalue weighted by Gasteiger charge is 2.08. The molecule has 0 saturated heterocycles. The Morgan fingerprint density at radius 3 is 3.06 bits per heavy atom. The third-order valence-corrected chi connectivity index (χ3v) is 3.52. The lowest BCUT2D eigenvalue weighted by Gasteiger charge is -1.90. The first-order valence-electron chi connectivity index (χ1n) is 4.54. The smallest absolute Gasteiger partial charge is 0.349 e. The molecule has 0 amide bonds. The molecular formula is C11H9NO2S2. The van der Waals surface area contributed by atoms with E-state index in [1.165, 1.54) is 24.6 Å². The van der Waals surface area contributed by atoms with E-state index in [-0.39, 0.29) is 5.97 Å². The van der Waals surface area contributed by atoms with Crippen LogP contribution in [0.4, 0.5) is 0 Å². The number of aromatic nitrogens is 1. The summed E-state index contributed by atoms with van der Waals surface area (Å²) in [5.74, 6) is -0.340. The SMILES string of the molecule is COC(=O)c1cnc(C=Cc2ccsc2)s1. The second-order valence-electron chi connectivity index (χ2n) is 2.94. The van der Waals surface area contributed by atoms with Crippen molar-refractivity contribution >= 4 is 40.8 Å². The number of esters is 1. The molecule has 2 rings (SSSR count). The first-order valence-corrected chi connectivity index (χ1v) is 6.30. The Labute approximate surface area is 101 Å². The van der Waals surface area contributed by atoms with Gasteiger partial charge in [-0.05, 0) is 28.5 Å². The zero-order valence-corrected chi connectivity index (χ0v) is 10.2. The van der Waals surface area contributed by atoms with Crippen LogP contribution in [0.15, 0.2) is 23.0 Å². The van der Waals surface area contributed by atoms with E-state index in [2.05, 4.69) is 9.72 Å². The van der Waals surface area contributed by atoms with E-state index in [0.717, 1.165) is 10.6 Å². The molecule has 0 aliphatic heterocycles. The number of methoxy groups -OCH3 is 1. The van der Waals surface area contributed by atoms with Crippen LogP contribution < -0.4 is 0 Å². The van der Waals surface area contributed by atoms with Gasteiger partial charge in [0.1, 0.15) is 9.88 Å². The summed E-state index contributed by atoms with van der Waals surface area (Å²) in [5, 5.41) is 4.86. The van der Waals surface area contributed by atoms with Crippen LogP contribution in [-0.4, -0.2) is 18.1 Å². The van der Waals surface area contributed by atoms with E-state index in [1.54, 1.807) is 11.3 Å². The lowest BCUT2D eigenvalue weighted by Crippen LogP contribution is -1.96. The number of hydrogen-bond acceptors (Lipinski definition) is 5. The van der Waals surface area contributed by atoms with Crippen LogP contribution >= 0.6 is 22.7 Å². The van der Waals surface area contributed by atoms with Crippen molar-refractivity contribution in [1.29, 1.82) is 0 Å². The zero-order valence-electron chi connectivity index (χ0n) is 8.54. The highest BCUT2D eigenvalue weighted by atomic mass is 32.1. The summed E-state index contributed by atoms with van der Waals surface area (Å²) in [7, 11) is 1.36. The van der Waals surface area contributed by atoms with Gasteiger partial charge in [0, 0.05) is 0 Å². The standard InChI is InChI=1S/C11H9NO2S2/c1-14-11(13)9-6-12-10(16-9)3-2-8-4-5-15-7-8/h2-7H,1H3. The lowest BCUT2D eigenvalue weighted by molar-refractivity contribution is 0.0606. The van der Waals surface area contributed by atoms with Crippen molar-refractivity contribution in [3.63, 3.8) is 0 Å². The van der Waals surface area contributed by atoms with E-state index in [9.17, 15) is 4.79 Å². The monoisotopic (exact) mass is 251 g/mol. The molecule has 0 fully saturated rings. The lowest BCUT2D eigenvalue weighted by atomic mass is 10.3. The largest absolute Gasteiger partial charge is 0.465 e. The molecule has 0 unspecified atom stereocenters. The number of carbonyl (C=O) groups excluding carboxylic acids is 1. The van der Waals surface area contributed by atoms with Gasteiger partial charge in [0.05, 0.1) is 13.3 Å². The van der Waals surface area contributed by atoms with Crippen LogP contribution in [0.3, 0.4) is 0 Å². The van der Waals surface area contributed by atoms with E-state index >= 15 is 0 Å². The predicted molar refractivity (Wildman–Crippen MR) is 66.7 cm³/mol. The van der Waals surface area contributed by atoms with Crippen molar-refractivity contribution in [1.82, 2.24) is 4.98 Å². The Balaban J connectivity index is 2.11. The topological polar surface area (TPSA) is 39.2 Å². The van der Waals surface area contributed by atoms with Gasteiger partial charge in [0.25, 0.3) is 0 Å². The third kappa shape index (κ3) is 2.56. The summed E-state index contributed by atoms with van der Waals surface area (Å²) in [5.41, 5.74) is 1.14.